The molecule has 2 atom stereocenters. The SMILES string of the molecule is COC(=O)C1(C)CCC(C(=O)[O-])C1(C)C. The van der Waals surface area contributed by atoms with Gasteiger partial charge in [-0.3, -0.25) is 4.79 Å². The number of carboxylic acid groups (broad SMARTS) is 1. The Bertz CT molecular complexity index is 295. The van der Waals surface area contributed by atoms with Crippen molar-refractivity contribution in [3.05, 3.63) is 0 Å². The van der Waals surface area contributed by atoms with Crippen molar-refractivity contribution in [1.29, 1.82) is 0 Å². The van der Waals surface area contributed by atoms with E-state index in [2.05, 4.69) is 0 Å². The summed E-state index contributed by atoms with van der Waals surface area (Å²) in [6.45, 7) is 5.34. The zero-order chi connectivity index (χ0) is 11.9. The number of carboxylic acids is 1. The summed E-state index contributed by atoms with van der Waals surface area (Å²) >= 11 is 0. The molecule has 0 aromatic heterocycles. The second-order valence-corrected chi connectivity index (χ2v) is 4.96. The normalized spacial score (nSPS) is 33.7. The number of hydrogen-bond acceptors (Lipinski definition) is 4. The zero-order valence-electron chi connectivity index (χ0n) is 9.62. The molecule has 1 aliphatic carbocycles. The number of hydrogen-bond donors (Lipinski definition) is 0. The lowest BCUT2D eigenvalue weighted by Crippen LogP contribution is -2.46. The van der Waals surface area contributed by atoms with Gasteiger partial charge in [-0.1, -0.05) is 13.8 Å². The molecule has 0 aromatic carbocycles. The number of methoxy groups -OCH3 is 1. The lowest BCUT2D eigenvalue weighted by molar-refractivity contribution is -0.315. The number of carbonyl (C=O) groups is 2. The number of carbonyl (C=O) groups excluding carboxylic acids is 2. The van der Waals surface area contributed by atoms with E-state index in [-0.39, 0.29) is 5.97 Å². The Kier molecular flexibility index (Phi) is 2.81. The molecule has 86 valence electrons. The van der Waals surface area contributed by atoms with E-state index in [0.29, 0.717) is 12.8 Å². The third-order valence-electron chi connectivity index (χ3n) is 4.15. The van der Waals surface area contributed by atoms with Crippen LogP contribution in [0.2, 0.25) is 0 Å². The summed E-state index contributed by atoms with van der Waals surface area (Å²) < 4.78 is 4.75. The molecule has 0 heterocycles. The Hall–Kier alpha value is -1.06. The van der Waals surface area contributed by atoms with E-state index in [1.54, 1.807) is 20.8 Å². The molecule has 0 bridgehead atoms. The van der Waals surface area contributed by atoms with Gasteiger partial charge in [0.25, 0.3) is 0 Å². The van der Waals surface area contributed by atoms with E-state index in [9.17, 15) is 14.7 Å². The molecule has 0 spiro atoms. The number of esters is 1. The van der Waals surface area contributed by atoms with Crippen molar-refractivity contribution in [3.63, 3.8) is 0 Å². The first-order chi connectivity index (χ1) is 6.77. The van der Waals surface area contributed by atoms with Crippen LogP contribution in [0.15, 0.2) is 0 Å². The van der Waals surface area contributed by atoms with Gasteiger partial charge >= 0.3 is 5.97 Å². The molecule has 0 aliphatic heterocycles. The first-order valence-corrected chi connectivity index (χ1v) is 5.06. The first-order valence-electron chi connectivity index (χ1n) is 5.06. The Morgan fingerprint density at radius 3 is 2.20 bits per heavy atom. The fourth-order valence-electron chi connectivity index (χ4n) is 2.50. The summed E-state index contributed by atoms with van der Waals surface area (Å²) in [4.78, 5) is 22.6. The van der Waals surface area contributed by atoms with Crippen LogP contribution in [0.25, 0.3) is 0 Å². The molecule has 0 amide bonds. The summed E-state index contributed by atoms with van der Waals surface area (Å²) in [6.07, 6.45) is 1.01. The Morgan fingerprint density at radius 2 is 1.87 bits per heavy atom. The highest BCUT2D eigenvalue weighted by Crippen LogP contribution is 2.56. The first kappa shape index (κ1) is 12.0. The van der Waals surface area contributed by atoms with E-state index >= 15 is 0 Å². The number of ether oxygens (including phenoxy) is 1. The smallest absolute Gasteiger partial charge is 0.312 e. The molecule has 0 radical (unpaired) electrons. The lowest BCUT2D eigenvalue weighted by atomic mass is 9.66. The molecular weight excluding hydrogens is 196 g/mol. The molecule has 1 fully saturated rings. The van der Waals surface area contributed by atoms with Crippen LogP contribution in [0.1, 0.15) is 33.6 Å². The Balaban J connectivity index is 3.06. The van der Waals surface area contributed by atoms with E-state index in [4.69, 9.17) is 4.74 Å². The minimum absolute atomic E-state index is 0.337. The minimum atomic E-state index is -1.08. The average Bonchev–Trinajstić information content (AvgIpc) is 2.38. The van der Waals surface area contributed by atoms with Crippen molar-refractivity contribution in [1.82, 2.24) is 0 Å². The molecule has 1 rings (SSSR count). The van der Waals surface area contributed by atoms with Crippen LogP contribution in [0.4, 0.5) is 0 Å². The summed E-state index contributed by atoms with van der Waals surface area (Å²) in [5.74, 6) is -1.99. The van der Waals surface area contributed by atoms with Crippen LogP contribution in [-0.2, 0) is 14.3 Å². The Labute approximate surface area is 89.6 Å². The predicted octanol–water partition coefficient (Wildman–Crippen LogP) is 0.352. The van der Waals surface area contributed by atoms with Crippen LogP contribution in [0, 0.1) is 16.7 Å². The fraction of sp³-hybridized carbons (Fsp3) is 0.818. The maximum absolute atomic E-state index is 11.7. The Morgan fingerprint density at radius 1 is 1.33 bits per heavy atom. The van der Waals surface area contributed by atoms with E-state index in [1.165, 1.54) is 7.11 Å². The van der Waals surface area contributed by atoms with Crippen LogP contribution >= 0.6 is 0 Å². The van der Waals surface area contributed by atoms with Crippen molar-refractivity contribution in [2.45, 2.75) is 33.6 Å². The third kappa shape index (κ3) is 1.52. The monoisotopic (exact) mass is 213 g/mol. The molecule has 2 unspecified atom stereocenters. The second-order valence-electron chi connectivity index (χ2n) is 4.96. The fourth-order valence-corrected chi connectivity index (χ4v) is 2.50. The maximum Gasteiger partial charge on any atom is 0.312 e. The zero-order valence-corrected chi connectivity index (χ0v) is 9.62. The lowest BCUT2D eigenvalue weighted by Gasteiger charge is -2.39. The molecule has 0 aromatic rings. The topological polar surface area (TPSA) is 66.4 Å². The van der Waals surface area contributed by atoms with Crippen molar-refractivity contribution in [3.8, 4) is 0 Å². The van der Waals surface area contributed by atoms with E-state index in [1.807, 2.05) is 0 Å². The summed E-state index contributed by atoms with van der Waals surface area (Å²) in [7, 11) is 1.33. The highest BCUT2D eigenvalue weighted by atomic mass is 16.5. The standard InChI is InChI=1S/C11H18O4/c1-10(2)7(8(12)13)5-6-11(10,3)9(14)15-4/h7H,5-6H2,1-4H3,(H,12,13)/p-1. The van der Waals surface area contributed by atoms with Crippen molar-refractivity contribution in [2.24, 2.45) is 16.7 Å². The van der Waals surface area contributed by atoms with Crippen molar-refractivity contribution >= 4 is 11.9 Å². The molecule has 1 aliphatic rings. The second kappa shape index (κ2) is 3.51. The average molecular weight is 213 g/mol. The van der Waals surface area contributed by atoms with Crippen LogP contribution in [0.5, 0.6) is 0 Å². The molecule has 4 nitrogen and oxygen atoms in total. The van der Waals surface area contributed by atoms with Crippen LogP contribution < -0.4 is 5.11 Å². The maximum atomic E-state index is 11.7. The minimum Gasteiger partial charge on any atom is -0.550 e. The van der Waals surface area contributed by atoms with Gasteiger partial charge in [-0.15, -0.1) is 0 Å². The molecule has 15 heavy (non-hydrogen) atoms. The quantitative estimate of drug-likeness (QED) is 0.621. The predicted molar refractivity (Wildman–Crippen MR) is 51.6 cm³/mol. The summed E-state index contributed by atoms with van der Waals surface area (Å²) in [5.41, 5.74) is -1.36. The highest BCUT2D eigenvalue weighted by Gasteiger charge is 2.56. The summed E-state index contributed by atoms with van der Waals surface area (Å²) in [5, 5.41) is 11.0. The van der Waals surface area contributed by atoms with Gasteiger partial charge in [0.1, 0.15) is 0 Å². The van der Waals surface area contributed by atoms with Crippen molar-refractivity contribution in [2.75, 3.05) is 7.11 Å². The third-order valence-corrected chi connectivity index (χ3v) is 4.15. The molecule has 1 saturated carbocycles. The summed E-state index contributed by atoms with van der Waals surface area (Å²) in [6, 6.07) is 0. The highest BCUT2D eigenvalue weighted by molar-refractivity contribution is 5.80. The number of aliphatic carboxylic acids is 1. The van der Waals surface area contributed by atoms with Gasteiger partial charge in [0.2, 0.25) is 0 Å². The van der Waals surface area contributed by atoms with Gasteiger partial charge in [0.05, 0.1) is 12.5 Å². The van der Waals surface area contributed by atoms with Gasteiger partial charge < -0.3 is 14.6 Å². The van der Waals surface area contributed by atoms with E-state index < -0.39 is 22.7 Å². The van der Waals surface area contributed by atoms with Crippen LogP contribution in [-0.4, -0.2) is 19.0 Å². The van der Waals surface area contributed by atoms with Gasteiger partial charge in [0.15, 0.2) is 0 Å². The van der Waals surface area contributed by atoms with Gasteiger partial charge in [-0.2, -0.15) is 0 Å². The molecular formula is C11H17O4-. The molecule has 0 N–H and O–H groups in total. The molecule has 4 heteroatoms. The molecule has 0 saturated heterocycles. The van der Waals surface area contributed by atoms with Gasteiger partial charge in [-0.25, -0.2) is 0 Å². The van der Waals surface area contributed by atoms with Gasteiger partial charge in [-0.05, 0) is 25.2 Å². The van der Waals surface area contributed by atoms with E-state index in [0.717, 1.165) is 0 Å². The van der Waals surface area contributed by atoms with Crippen LogP contribution in [0.3, 0.4) is 0 Å². The van der Waals surface area contributed by atoms with Gasteiger partial charge in [0, 0.05) is 11.9 Å². The number of rotatable bonds is 2. The largest absolute Gasteiger partial charge is 0.550 e. The van der Waals surface area contributed by atoms with Crippen molar-refractivity contribution < 1.29 is 19.4 Å².